The minimum atomic E-state index is -0.604. The first-order valence-corrected chi connectivity index (χ1v) is 17.8. The van der Waals surface area contributed by atoms with Crippen molar-refractivity contribution in [1.82, 2.24) is 10.3 Å². The lowest BCUT2D eigenvalue weighted by atomic mass is 10.1. The van der Waals surface area contributed by atoms with Gasteiger partial charge in [0.25, 0.3) is 11.8 Å². The van der Waals surface area contributed by atoms with Crippen molar-refractivity contribution in [3.8, 4) is 11.5 Å². The van der Waals surface area contributed by atoms with Gasteiger partial charge in [-0.3, -0.25) is 14.4 Å². The summed E-state index contributed by atoms with van der Waals surface area (Å²) in [5.41, 5.74) is 5.57. The summed E-state index contributed by atoms with van der Waals surface area (Å²) in [6, 6.07) is 42.3. The fraction of sp³-hybridized carbons (Fsp3) is 0.0244. The van der Waals surface area contributed by atoms with Gasteiger partial charge in [0.2, 0.25) is 11.8 Å². The number of para-hydroxylation sites is 2. The summed E-state index contributed by atoms with van der Waals surface area (Å²) < 4.78 is 5.89. The summed E-state index contributed by atoms with van der Waals surface area (Å²) in [5, 5.41) is 11.9. The van der Waals surface area contributed by atoms with E-state index in [2.05, 4.69) is 20.9 Å². The average molecular weight is 707 g/mol. The lowest BCUT2D eigenvalue weighted by Gasteiger charge is -2.18. The van der Waals surface area contributed by atoms with E-state index in [1.165, 1.54) is 23.1 Å². The van der Waals surface area contributed by atoms with Crippen LogP contribution in [0.5, 0.6) is 0 Å². The molecule has 2 aromatic heterocycles. The van der Waals surface area contributed by atoms with Crippen LogP contribution in [0.25, 0.3) is 28.6 Å². The quantitative estimate of drug-likeness (QED) is 0.0913. The summed E-state index contributed by atoms with van der Waals surface area (Å²) >= 11 is 2.85. The van der Waals surface area contributed by atoms with Crippen LogP contribution in [0.1, 0.15) is 26.7 Å². The fourth-order valence-electron chi connectivity index (χ4n) is 5.25. The molecule has 7 rings (SSSR count). The van der Waals surface area contributed by atoms with Crippen molar-refractivity contribution in [2.24, 2.45) is 0 Å². The molecule has 8 nitrogen and oxygen atoms in total. The van der Waals surface area contributed by atoms with Gasteiger partial charge >= 0.3 is 0 Å². The second kappa shape index (κ2) is 15.5. The molecule has 5 aromatic carbocycles. The number of anilines is 2. The number of hydrogen-bond acceptors (Lipinski definition) is 7. The third-order valence-corrected chi connectivity index (χ3v) is 9.71. The van der Waals surface area contributed by atoms with Crippen LogP contribution in [0.2, 0.25) is 0 Å². The normalized spacial score (nSPS) is 11.9. The number of oxazole rings is 1. The highest BCUT2D eigenvalue weighted by molar-refractivity contribution is 8.00. The molecule has 0 radical (unpaired) electrons. The van der Waals surface area contributed by atoms with Crippen LogP contribution in [0, 0.1) is 0 Å². The summed E-state index contributed by atoms with van der Waals surface area (Å²) in [6.07, 6.45) is 1.64. The average Bonchev–Trinajstić information content (AvgIpc) is 3.85. The maximum atomic E-state index is 13.8. The second-order valence-electron chi connectivity index (χ2n) is 11.4. The smallest absolute Gasteiger partial charge is 0.272 e. The molecule has 7 aromatic rings. The maximum absolute atomic E-state index is 13.8. The number of carbonyl (C=O) groups excluding carboxylic acids is 3. The second-order valence-corrected chi connectivity index (χ2v) is 13.3. The molecule has 0 saturated carbocycles. The Morgan fingerprint density at radius 3 is 2.24 bits per heavy atom. The largest absolute Gasteiger partial charge is 0.436 e. The van der Waals surface area contributed by atoms with Crippen LogP contribution in [0.3, 0.4) is 0 Å². The van der Waals surface area contributed by atoms with E-state index in [9.17, 15) is 14.4 Å². The third-order valence-electron chi connectivity index (χ3n) is 7.76. The number of nitrogens with one attached hydrogen (secondary N) is 3. The van der Waals surface area contributed by atoms with Crippen molar-refractivity contribution in [2.45, 2.75) is 10.1 Å². The lowest BCUT2D eigenvalue weighted by Crippen LogP contribution is -2.30. The van der Waals surface area contributed by atoms with Crippen LogP contribution in [-0.2, 0) is 9.59 Å². The van der Waals surface area contributed by atoms with E-state index in [0.717, 1.165) is 27.1 Å². The molecule has 0 aliphatic carbocycles. The Bertz CT molecular complexity index is 2290. The Kier molecular flexibility index (Phi) is 10.1. The number of carbonyl (C=O) groups is 3. The number of rotatable bonds is 11. The van der Waals surface area contributed by atoms with Gasteiger partial charge in [0.15, 0.2) is 5.58 Å². The minimum absolute atomic E-state index is 0.101. The molecule has 1 atom stereocenters. The SMILES string of the molecule is O=C(Nc1cccc(SC(C(=O)Nc2ccc(-c3nc4ccccc4o3)cc2)c2ccccc2)c1)/C(=C/c1ccsc1)NC(=O)c1ccccc1. The highest BCUT2D eigenvalue weighted by atomic mass is 32.2. The molecule has 0 bridgehead atoms. The monoisotopic (exact) mass is 706 g/mol. The zero-order chi connectivity index (χ0) is 35.0. The summed E-state index contributed by atoms with van der Waals surface area (Å²) in [7, 11) is 0. The summed E-state index contributed by atoms with van der Waals surface area (Å²) in [5.74, 6) is -0.577. The Morgan fingerprint density at radius 1 is 0.745 bits per heavy atom. The number of fused-ring (bicyclic) bond motifs is 1. The number of nitrogens with zero attached hydrogens (tertiary/aromatic N) is 1. The van der Waals surface area contributed by atoms with Gasteiger partial charge in [-0.1, -0.05) is 66.7 Å². The van der Waals surface area contributed by atoms with Gasteiger partial charge < -0.3 is 20.4 Å². The molecule has 1 unspecified atom stereocenters. The molecule has 3 N–H and O–H groups in total. The van der Waals surface area contributed by atoms with Gasteiger partial charge in [-0.15, -0.1) is 11.8 Å². The number of benzene rings is 5. The van der Waals surface area contributed by atoms with Crippen molar-refractivity contribution >= 4 is 69.4 Å². The lowest BCUT2D eigenvalue weighted by molar-refractivity contribution is -0.116. The third kappa shape index (κ3) is 8.33. The van der Waals surface area contributed by atoms with Gasteiger partial charge in [0.1, 0.15) is 16.5 Å². The number of hydrogen-bond donors (Lipinski definition) is 3. The van der Waals surface area contributed by atoms with E-state index in [1.807, 2.05) is 120 Å². The highest BCUT2D eigenvalue weighted by Crippen LogP contribution is 2.37. The van der Waals surface area contributed by atoms with E-state index in [-0.39, 0.29) is 11.6 Å². The van der Waals surface area contributed by atoms with Crippen molar-refractivity contribution in [2.75, 3.05) is 10.6 Å². The van der Waals surface area contributed by atoms with E-state index in [0.29, 0.717) is 28.4 Å². The molecule has 3 amide bonds. The van der Waals surface area contributed by atoms with Crippen LogP contribution in [-0.4, -0.2) is 22.7 Å². The van der Waals surface area contributed by atoms with Crippen molar-refractivity contribution < 1.29 is 18.8 Å². The molecular formula is C41H30N4O4S2. The molecule has 0 spiro atoms. The first kappa shape index (κ1) is 33.3. The van der Waals surface area contributed by atoms with E-state index < -0.39 is 17.1 Å². The Morgan fingerprint density at radius 2 is 1.49 bits per heavy atom. The van der Waals surface area contributed by atoms with Gasteiger partial charge in [-0.05, 0) is 101 Å². The molecular weight excluding hydrogens is 677 g/mol. The van der Waals surface area contributed by atoms with Crippen molar-refractivity contribution in [3.63, 3.8) is 0 Å². The van der Waals surface area contributed by atoms with Crippen LogP contribution in [0.4, 0.5) is 11.4 Å². The topological polar surface area (TPSA) is 113 Å². The van der Waals surface area contributed by atoms with Gasteiger partial charge in [-0.25, -0.2) is 4.98 Å². The first-order chi connectivity index (χ1) is 25.0. The first-order valence-electron chi connectivity index (χ1n) is 16.0. The number of thiophene rings is 1. The summed E-state index contributed by atoms with van der Waals surface area (Å²) in [6.45, 7) is 0. The van der Waals surface area contributed by atoms with Crippen LogP contribution in [0.15, 0.2) is 165 Å². The molecule has 2 heterocycles. The minimum Gasteiger partial charge on any atom is -0.436 e. The van der Waals surface area contributed by atoms with Gasteiger partial charge in [0.05, 0.1) is 0 Å². The van der Waals surface area contributed by atoms with Crippen LogP contribution >= 0.6 is 23.1 Å². The zero-order valence-corrected chi connectivity index (χ0v) is 28.6. The predicted molar refractivity (Wildman–Crippen MR) is 204 cm³/mol. The number of aromatic nitrogens is 1. The van der Waals surface area contributed by atoms with Gasteiger partial charge in [0, 0.05) is 27.4 Å². The molecule has 0 saturated heterocycles. The van der Waals surface area contributed by atoms with Gasteiger partial charge in [-0.2, -0.15) is 11.3 Å². The van der Waals surface area contributed by atoms with Crippen molar-refractivity contribution in [1.29, 1.82) is 0 Å². The van der Waals surface area contributed by atoms with Crippen molar-refractivity contribution in [3.05, 3.63) is 173 Å². The molecule has 0 fully saturated rings. The van der Waals surface area contributed by atoms with E-state index in [1.54, 1.807) is 36.4 Å². The molecule has 51 heavy (non-hydrogen) atoms. The molecule has 250 valence electrons. The maximum Gasteiger partial charge on any atom is 0.272 e. The van der Waals surface area contributed by atoms with Crippen LogP contribution < -0.4 is 16.0 Å². The zero-order valence-electron chi connectivity index (χ0n) is 27.0. The standard InChI is InChI=1S/C41H30N4O4S2/c46-38(29-12-5-2-6-13-29)44-35(24-27-22-23-50-26-27)39(47)43-32-14-9-15-33(25-32)51-37(28-10-3-1-4-11-28)40(48)42-31-20-18-30(19-21-31)41-45-34-16-7-8-17-36(34)49-41/h1-26,37H,(H,42,48)(H,43,47)(H,44,46)/b35-24-. The van der Waals surface area contributed by atoms with E-state index in [4.69, 9.17) is 4.42 Å². The molecule has 10 heteroatoms. The predicted octanol–water partition coefficient (Wildman–Crippen LogP) is 9.44. The Balaban J connectivity index is 1.07. The molecule has 0 aliphatic rings. The Hall–Kier alpha value is -6.23. The molecule has 0 aliphatic heterocycles. The number of thioether (sulfide) groups is 1. The highest BCUT2D eigenvalue weighted by Gasteiger charge is 2.23. The van der Waals surface area contributed by atoms with E-state index >= 15 is 0 Å². The fourth-order valence-corrected chi connectivity index (χ4v) is 6.95. The summed E-state index contributed by atoms with van der Waals surface area (Å²) in [4.78, 5) is 45.7. The number of amides is 3. The Labute approximate surface area is 302 Å².